The van der Waals surface area contributed by atoms with E-state index in [4.69, 9.17) is 53.3 Å². The molecule has 0 radical (unpaired) electrons. The number of likely N-dealkylation sites (N-methyl/N-ethyl adjacent to an activating group) is 1. The SMILES string of the molecule is CN[C@@H]1[C@@H](O)[C@@H](O[C@@H]2[C@@H](O)[C@H](O[C@H]3OC(C(N)CCCN)=CC[C@H]3N)[C@@H](N)C[C@]2(N)C(=O)[C@H](O)CN)OC[C@]1(C)O. The summed E-state index contributed by atoms with van der Waals surface area (Å²) >= 11 is 0. The summed E-state index contributed by atoms with van der Waals surface area (Å²) in [6, 6.07) is -3.00. The fourth-order valence-electron chi connectivity index (χ4n) is 5.74. The van der Waals surface area contributed by atoms with Crippen molar-refractivity contribution in [2.24, 2.45) is 34.4 Å². The lowest BCUT2D eigenvalue weighted by Crippen LogP contribution is -2.76. The van der Waals surface area contributed by atoms with Gasteiger partial charge in [-0.25, -0.2) is 0 Å². The third-order valence-corrected chi connectivity index (χ3v) is 8.13. The van der Waals surface area contributed by atoms with Crippen LogP contribution in [-0.4, -0.2) is 131 Å². The molecule has 0 spiro atoms. The molecule has 0 aromatic rings. The van der Waals surface area contributed by atoms with Crippen molar-refractivity contribution in [2.45, 2.75) is 111 Å². The summed E-state index contributed by atoms with van der Waals surface area (Å²) in [6.07, 6.45) is -6.97. The lowest BCUT2D eigenvalue weighted by Gasteiger charge is -2.52. The smallest absolute Gasteiger partial charge is 0.215 e. The highest BCUT2D eigenvalue weighted by atomic mass is 16.7. The lowest BCUT2D eigenvalue weighted by atomic mass is 9.70. The molecule has 41 heavy (non-hydrogen) atoms. The molecular weight excluding hydrogens is 542 g/mol. The van der Waals surface area contributed by atoms with E-state index in [9.17, 15) is 25.2 Å². The standard InChI is InChI=1S/C25H49N7O9/c1-24(37)10-38-23(17(35)19(24)32-2)41-21-16(34)18(13(30)8-25(21,31)20(36)14(33)9-27)40-22-12(29)5-6-15(39-22)11(28)4-3-7-26/h6,11-14,16-19,21-23,32-35,37H,3-5,7-10,26-31H2,1-2H3/t11?,12-,13+,14-,16+,17-,18-,19-,21-,22-,23-,24+,25+/m1/s1. The van der Waals surface area contributed by atoms with Crippen LogP contribution in [0.25, 0.3) is 0 Å². The van der Waals surface area contributed by atoms with Crippen molar-refractivity contribution in [3.63, 3.8) is 0 Å². The summed E-state index contributed by atoms with van der Waals surface area (Å²) in [6.45, 7) is 1.25. The molecule has 17 N–H and O–H groups in total. The van der Waals surface area contributed by atoms with Gasteiger partial charge in [-0.05, 0) is 52.3 Å². The number of Topliss-reactive ketones (excluding diaryl/α,β-unsaturated/α-hetero) is 1. The Balaban J connectivity index is 1.87. The second kappa shape index (κ2) is 14.0. The largest absolute Gasteiger partial charge is 0.466 e. The summed E-state index contributed by atoms with van der Waals surface area (Å²) in [5.41, 5.74) is 33.0. The first-order valence-electron chi connectivity index (χ1n) is 13.9. The van der Waals surface area contributed by atoms with Gasteiger partial charge in [-0.1, -0.05) is 0 Å². The molecule has 0 amide bonds. The minimum atomic E-state index is -2.05. The maximum absolute atomic E-state index is 13.3. The van der Waals surface area contributed by atoms with Gasteiger partial charge in [-0.3, -0.25) is 4.79 Å². The van der Waals surface area contributed by atoms with Gasteiger partial charge in [-0.2, -0.15) is 0 Å². The molecule has 16 heteroatoms. The molecular formula is C25H49N7O9. The predicted octanol–water partition coefficient (Wildman–Crippen LogP) is -5.49. The summed E-state index contributed by atoms with van der Waals surface area (Å²) in [7, 11) is 1.54. The summed E-state index contributed by atoms with van der Waals surface area (Å²) in [5, 5.41) is 46.2. The zero-order valence-electron chi connectivity index (χ0n) is 23.7. The number of hydrogen-bond donors (Lipinski definition) is 11. The van der Waals surface area contributed by atoms with E-state index in [0.717, 1.165) is 0 Å². The van der Waals surface area contributed by atoms with E-state index in [1.54, 1.807) is 6.08 Å². The van der Waals surface area contributed by atoms with Gasteiger partial charge >= 0.3 is 0 Å². The third-order valence-electron chi connectivity index (χ3n) is 8.13. The Kier molecular flexibility index (Phi) is 11.6. The summed E-state index contributed by atoms with van der Waals surface area (Å²) in [4.78, 5) is 13.3. The number of ketones is 1. The number of carbonyl (C=O) groups is 1. The molecule has 2 fully saturated rings. The van der Waals surface area contributed by atoms with Crippen LogP contribution >= 0.6 is 0 Å². The Hall–Kier alpha value is -1.35. The number of nitrogens with two attached hydrogens (primary N) is 6. The van der Waals surface area contributed by atoms with E-state index >= 15 is 0 Å². The number of hydrogen-bond acceptors (Lipinski definition) is 16. The molecule has 3 rings (SSSR count). The van der Waals surface area contributed by atoms with Crippen LogP contribution in [0.2, 0.25) is 0 Å². The molecule has 1 unspecified atom stereocenters. The molecule has 0 bridgehead atoms. The van der Waals surface area contributed by atoms with Crippen molar-refractivity contribution in [1.29, 1.82) is 0 Å². The normalized spacial score (nSPS) is 43.1. The van der Waals surface area contributed by atoms with Crippen LogP contribution in [0.3, 0.4) is 0 Å². The van der Waals surface area contributed by atoms with Crippen LogP contribution in [0.4, 0.5) is 0 Å². The molecule has 0 aromatic carbocycles. The molecule has 2 heterocycles. The number of aliphatic hydroxyl groups is 4. The Morgan fingerprint density at radius 1 is 1.20 bits per heavy atom. The zero-order chi connectivity index (χ0) is 30.7. The molecule has 3 aliphatic rings. The highest BCUT2D eigenvalue weighted by Gasteiger charge is 2.59. The quantitative estimate of drug-likeness (QED) is 0.101. The van der Waals surface area contributed by atoms with Crippen molar-refractivity contribution < 1.29 is 44.2 Å². The van der Waals surface area contributed by atoms with Gasteiger partial charge in [0.15, 0.2) is 12.1 Å². The van der Waals surface area contributed by atoms with E-state index < -0.39 is 90.7 Å². The van der Waals surface area contributed by atoms with E-state index in [2.05, 4.69) is 5.32 Å². The Labute approximate surface area is 239 Å². The maximum atomic E-state index is 13.3. The number of nitrogens with one attached hydrogen (secondary N) is 1. The number of aliphatic hydroxyl groups excluding tert-OH is 3. The van der Waals surface area contributed by atoms with Gasteiger partial charge in [0.25, 0.3) is 0 Å². The molecule has 2 aliphatic heterocycles. The van der Waals surface area contributed by atoms with Gasteiger partial charge < -0.3 is 79.1 Å². The fourth-order valence-corrected chi connectivity index (χ4v) is 5.74. The first-order chi connectivity index (χ1) is 19.2. The van der Waals surface area contributed by atoms with Crippen molar-refractivity contribution >= 4 is 5.78 Å². The van der Waals surface area contributed by atoms with Crippen LogP contribution < -0.4 is 39.7 Å². The van der Waals surface area contributed by atoms with Crippen LogP contribution in [0.15, 0.2) is 11.8 Å². The molecule has 238 valence electrons. The van der Waals surface area contributed by atoms with Crippen molar-refractivity contribution in [2.75, 3.05) is 26.7 Å². The molecule has 1 aliphatic carbocycles. The van der Waals surface area contributed by atoms with Gasteiger partial charge in [0.2, 0.25) is 6.29 Å². The third kappa shape index (κ3) is 7.25. The topological polar surface area (TPSA) is 303 Å². The zero-order valence-corrected chi connectivity index (χ0v) is 23.7. The van der Waals surface area contributed by atoms with Crippen molar-refractivity contribution in [1.82, 2.24) is 5.32 Å². The Morgan fingerprint density at radius 2 is 1.88 bits per heavy atom. The van der Waals surface area contributed by atoms with E-state index in [0.29, 0.717) is 31.6 Å². The van der Waals surface area contributed by atoms with E-state index in [1.807, 2.05) is 0 Å². The molecule has 1 saturated carbocycles. The first kappa shape index (κ1) is 34.1. The second-order valence-corrected chi connectivity index (χ2v) is 11.5. The highest BCUT2D eigenvalue weighted by molar-refractivity contribution is 5.93. The minimum absolute atomic E-state index is 0.246. The number of carbonyl (C=O) groups excluding carboxylic acids is 1. The number of rotatable bonds is 12. The van der Waals surface area contributed by atoms with Crippen molar-refractivity contribution in [3.8, 4) is 0 Å². The van der Waals surface area contributed by atoms with Gasteiger partial charge in [0.05, 0.1) is 24.7 Å². The predicted molar refractivity (Wildman–Crippen MR) is 146 cm³/mol. The van der Waals surface area contributed by atoms with Crippen LogP contribution in [0.5, 0.6) is 0 Å². The van der Waals surface area contributed by atoms with Gasteiger partial charge in [-0.15, -0.1) is 0 Å². The van der Waals surface area contributed by atoms with Crippen LogP contribution in [-0.2, 0) is 23.7 Å². The Bertz CT molecular complexity index is 915. The van der Waals surface area contributed by atoms with E-state index in [1.165, 1.54) is 14.0 Å². The van der Waals surface area contributed by atoms with Gasteiger partial charge in [0.1, 0.15) is 47.4 Å². The monoisotopic (exact) mass is 591 g/mol. The fraction of sp³-hybridized carbons (Fsp3) is 0.880. The molecule has 1 saturated heterocycles. The molecule has 16 nitrogen and oxygen atoms in total. The molecule has 0 aromatic heterocycles. The van der Waals surface area contributed by atoms with E-state index in [-0.39, 0.29) is 13.0 Å². The molecule has 13 atom stereocenters. The first-order valence-corrected chi connectivity index (χ1v) is 13.9. The second-order valence-electron chi connectivity index (χ2n) is 11.5. The summed E-state index contributed by atoms with van der Waals surface area (Å²) < 4.78 is 23.6. The van der Waals surface area contributed by atoms with Crippen LogP contribution in [0, 0.1) is 0 Å². The number of ether oxygens (including phenoxy) is 4. The Morgan fingerprint density at radius 3 is 2.49 bits per heavy atom. The van der Waals surface area contributed by atoms with Crippen LogP contribution in [0.1, 0.15) is 32.6 Å². The highest BCUT2D eigenvalue weighted by Crippen LogP contribution is 2.37. The maximum Gasteiger partial charge on any atom is 0.215 e. The van der Waals surface area contributed by atoms with Crippen molar-refractivity contribution in [3.05, 3.63) is 11.8 Å². The average Bonchev–Trinajstić information content (AvgIpc) is 2.93. The average molecular weight is 592 g/mol. The van der Waals surface area contributed by atoms with Gasteiger partial charge in [0, 0.05) is 12.6 Å². The summed E-state index contributed by atoms with van der Waals surface area (Å²) in [5.74, 6) is -0.447. The minimum Gasteiger partial charge on any atom is -0.466 e. The lowest BCUT2D eigenvalue weighted by molar-refractivity contribution is -0.308.